The third kappa shape index (κ3) is 5.04. The molecule has 0 spiro atoms. The fourth-order valence-corrected chi connectivity index (χ4v) is 1.26. The van der Waals surface area contributed by atoms with Gasteiger partial charge in [-0.2, -0.15) is 5.10 Å². The zero-order valence-electron chi connectivity index (χ0n) is 10.3. The minimum Gasteiger partial charge on any atom is -0.352 e. The summed E-state index contributed by atoms with van der Waals surface area (Å²) in [6.07, 6.45) is -2.37. The molecule has 0 bridgehead atoms. The van der Waals surface area contributed by atoms with Gasteiger partial charge in [0, 0.05) is 19.6 Å². The lowest BCUT2D eigenvalue weighted by atomic mass is 10.3. The topological polar surface area (TPSA) is 41.0 Å². The summed E-state index contributed by atoms with van der Waals surface area (Å²) in [5.41, 5.74) is 0.799. The van der Waals surface area contributed by atoms with Gasteiger partial charge >= 0.3 is 0 Å². The van der Waals surface area contributed by atoms with Gasteiger partial charge in [0.15, 0.2) is 5.82 Å². The second kappa shape index (κ2) is 6.44. The zero-order chi connectivity index (χ0) is 12.8. The molecular weight excluding hydrogens is 226 g/mol. The maximum Gasteiger partial charge on any atom is 0.255 e. The summed E-state index contributed by atoms with van der Waals surface area (Å²) < 4.78 is 24.3. The molecule has 1 heterocycles. The molecule has 6 heteroatoms. The Kier molecular flexibility index (Phi) is 5.21. The number of hydrogen-bond donors (Lipinski definition) is 1. The van der Waals surface area contributed by atoms with Crippen LogP contribution in [0.3, 0.4) is 0 Å². The smallest absolute Gasteiger partial charge is 0.255 e. The number of halogens is 2. The molecule has 1 aromatic rings. The monoisotopic (exact) mass is 244 g/mol. The SMILES string of the molecule is CC(C)NCc1ccc(N(C)CC(F)F)nn1. The summed E-state index contributed by atoms with van der Waals surface area (Å²) in [5, 5.41) is 11.1. The van der Waals surface area contributed by atoms with Gasteiger partial charge in [0.1, 0.15) is 0 Å². The lowest BCUT2D eigenvalue weighted by Gasteiger charge is -2.16. The van der Waals surface area contributed by atoms with Gasteiger partial charge in [-0.05, 0) is 12.1 Å². The first-order valence-electron chi connectivity index (χ1n) is 5.54. The Morgan fingerprint density at radius 1 is 1.29 bits per heavy atom. The Bertz CT molecular complexity index is 327. The van der Waals surface area contributed by atoms with Crippen LogP contribution in [-0.4, -0.2) is 36.3 Å². The van der Waals surface area contributed by atoms with Gasteiger partial charge in [0.25, 0.3) is 6.43 Å². The molecule has 0 saturated heterocycles. The number of rotatable bonds is 6. The van der Waals surface area contributed by atoms with Crippen molar-refractivity contribution in [2.24, 2.45) is 0 Å². The van der Waals surface area contributed by atoms with E-state index >= 15 is 0 Å². The van der Waals surface area contributed by atoms with Gasteiger partial charge in [-0.3, -0.25) is 0 Å². The Hall–Kier alpha value is -1.30. The summed E-state index contributed by atoms with van der Waals surface area (Å²) in [6, 6.07) is 3.87. The minimum atomic E-state index is -2.37. The van der Waals surface area contributed by atoms with Gasteiger partial charge in [-0.25, -0.2) is 8.78 Å². The van der Waals surface area contributed by atoms with Crippen LogP contribution in [0.1, 0.15) is 19.5 Å². The molecule has 0 aliphatic rings. The van der Waals surface area contributed by atoms with Crippen molar-refractivity contribution in [3.63, 3.8) is 0 Å². The molecule has 1 N–H and O–H groups in total. The molecule has 0 saturated carbocycles. The first kappa shape index (κ1) is 13.8. The Morgan fingerprint density at radius 2 is 2.00 bits per heavy atom. The molecule has 0 unspecified atom stereocenters. The van der Waals surface area contributed by atoms with Gasteiger partial charge in [0.05, 0.1) is 12.2 Å². The summed E-state index contributed by atoms with van der Waals surface area (Å²) in [7, 11) is 1.57. The van der Waals surface area contributed by atoms with E-state index in [2.05, 4.69) is 15.5 Å². The van der Waals surface area contributed by atoms with Crippen LogP contribution >= 0.6 is 0 Å². The van der Waals surface area contributed by atoms with Crippen molar-refractivity contribution in [3.05, 3.63) is 17.8 Å². The minimum absolute atomic E-state index is 0.335. The highest BCUT2D eigenvalue weighted by Crippen LogP contribution is 2.09. The summed E-state index contributed by atoms with van der Waals surface area (Å²) >= 11 is 0. The molecule has 0 atom stereocenters. The lowest BCUT2D eigenvalue weighted by Crippen LogP contribution is -2.26. The van der Waals surface area contributed by atoms with E-state index in [1.807, 2.05) is 13.8 Å². The van der Waals surface area contributed by atoms with Crippen LogP contribution in [0, 0.1) is 0 Å². The standard InChI is InChI=1S/C11H18F2N4/c1-8(2)14-6-9-4-5-11(16-15-9)17(3)7-10(12)13/h4-5,8,10,14H,6-7H2,1-3H3. The maximum atomic E-state index is 12.2. The van der Waals surface area contributed by atoms with E-state index in [4.69, 9.17) is 0 Å². The molecule has 1 aromatic heterocycles. The van der Waals surface area contributed by atoms with Crippen LogP contribution in [0.15, 0.2) is 12.1 Å². The van der Waals surface area contributed by atoms with E-state index in [1.54, 1.807) is 19.2 Å². The van der Waals surface area contributed by atoms with Crippen LogP contribution in [0.2, 0.25) is 0 Å². The van der Waals surface area contributed by atoms with Crippen LogP contribution in [0.4, 0.5) is 14.6 Å². The second-order valence-corrected chi connectivity index (χ2v) is 4.19. The molecule has 1 rings (SSSR count). The van der Waals surface area contributed by atoms with Gasteiger partial charge in [-0.1, -0.05) is 13.8 Å². The molecule has 0 aliphatic heterocycles. The van der Waals surface area contributed by atoms with E-state index < -0.39 is 6.43 Å². The molecule has 96 valence electrons. The van der Waals surface area contributed by atoms with Crippen molar-refractivity contribution < 1.29 is 8.78 Å². The van der Waals surface area contributed by atoms with E-state index in [-0.39, 0.29) is 6.54 Å². The fraction of sp³-hybridized carbons (Fsp3) is 0.636. The van der Waals surface area contributed by atoms with Crippen molar-refractivity contribution in [1.82, 2.24) is 15.5 Å². The third-order valence-corrected chi connectivity index (χ3v) is 2.20. The van der Waals surface area contributed by atoms with E-state index in [1.165, 1.54) is 4.90 Å². The first-order valence-corrected chi connectivity index (χ1v) is 5.54. The number of anilines is 1. The van der Waals surface area contributed by atoms with Crippen LogP contribution in [0.25, 0.3) is 0 Å². The maximum absolute atomic E-state index is 12.2. The Labute approximate surface area is 100 Å². The van der Waals surface area contributed by atoms with Crippen LogP contribution in [-0.2, 0) is 6.54 Å². The van der Waals surface area contributed by atoms with Crippen molar-refractivity contribution in [3.8, 4) is 0 Å². The number of hydrogen-bond acceptors (Lipinski definition) is 4. The highest BCUT2D eigenvalue weighted by molar-refractivity contribution is 5.36. The number of aromatic nitrogens is 2. The quantitative estimate of drug-likeness (QED) is 0.826. The highest BCUT2D eigenvalue weighted by atomic mass is 19.3. The van der Waals surface area contributed by atoms with Gasteiger partial charge in [-0.15, -0.1) is 5.10 Å². The van der Waals surface area contributed by atoms with Crippen molar-refractivity contribution >= 4 is 5.82 Å². The zero-order valence-corrected chi connectivity index (χ0v) is 10.3. The van der Waals surface area contributed by atoms with Crippen LogP contribution in [0.5, 0.6) is 0 Å². The van der Waals surface area contributed by atoms with E-state index in [0.29, 0.717) is 18.4 Å². The highest BCUT2D eigenvalue weighted by Gasteiger charge is 2.10. The van der Waals surface area contributed by atoms with Crippen molar-refractivity contribution in [1.29, 1.82) is 0 Å². The summed E-state index contributed by atoms with van der Waals surface area (Å²) in [4.78, 5) is 1.39. The lowest BCUT2D eigenvalue weighted by molar-refractivity contribution is 0.156. The molecule has 0 fully saturated rings. The van der Waals surface area contributed by atoms with Crippen molar-refractivity contribution in [2.45, 2.75) is 32.9 Å². The largest absolute Gasteiger partial charge is 0.352 e. The molecule has 0 aromatic carbocycles. The first-order chi connectivity index (χ1) is 7.99. The number of nitrogens with one attached hydrogen (secondary N) is 1. The van der Waals surface area contributed by atoms with Gasteiger partial charge < -0.3 is 10.2 Å². The number of nitrogens with zero attached hydrogens (tertiary/aromatic N) is 3. The fourth-order valence-electron chi connectivity index (χ4n) is 1.26. The average Bonchev–Trinajstić information content (AvgIpc) is 2.26. The second-order valence-electron chi connectivity index (χ2n) is 4.19. The molecule has 0 amide bonds. The normalized spacial score (nSPS) is 11.2. The molecule has 17 heavy (non-hydrogen) atoms. The molecule has 4 nitrogen and oxygen atoms in total. The van der Waals surface area contributed by atoms with Crippen LogP contribution < -0.4 is 10.2 Å². The van der Waals surface area contributed by atoms with E-state index in [9.17, 15) is 8.78 Å². The number of alkyl halides is 2. The summed E-state index contributed by atoms with van der Waals surface area (Å²) in [6.45, 7) is 4.37. The van der Waals surface area contributed by atoms with Crippen molar-refractivity contribution in [2.75, 3.05) is 18.5 Å². The molecule has 0 aliphatic carbocycles. The van der Waals surface area contributed by atoms with Gasteiger partial charge in [0.2, 0.25) is 0 Å². The predicted octanol–water partition coefficient (Wildman–Crippen LogP) is 1.68. The predicted molar refractivity (Wildman–Crippen MR) is 63.3 cm³/mol. The Balaban J connectivity index is 2.55. The third-order valence-electron chi connectivity index (χ3n) is 2.20. The Morgan fingerprint density at radius 3 is 2.47 bits per heavy atom. The van der Waals surface area contributed by atoms with E-state index in [0.717, 1.165) is 5.69 Å². The summed E-state index contributed by atoms with van der Waals surface area (Å²) in [5.74, 6) is 0.457. The molecule has 0 radical (unpaired) electrons. The molecular formula is C11H18F2N4. The average molecular weight is 244 g/mol.